The predicted molar refractivity (Wildman–Crippen MR) is 70.8 cm³/mol. The lowest BCUT2D eigenvalue weighted by atomic mass is 10.3. The normalized spacial score (nSPS) is 13.0. The van der Waals surface area contributed by atoms with E-state index in [2.05, 4.69) is 5.32 Å². The maximum Gasteiger partial charge on any atom is 0.238 e. The van der Waals surface area contributed by atoms with E-state index in [1.165, 1.54) is 19.1 Å². The summed E-state index contributed by atoms with van der Waals surface area (Å²) in [7, 11) is -3.74. The van der Waals surface area contributed by atoms with E-state index in [1.807, 2.05) is 6.92 Å². The molecule has 5 nitrogen and oxygen atoms in total. The quantitative estimate of drug-likeness (QED) is 0.780. The molecule has 6 heteroatoms. The van der Waals surface area contributed by atoms with Crippen molar-refractivity contribution in [3.05, 3.63) is 24.3 Å². The van der Waals surface area contributed by atoms with Gasteiger partial charge in [-0.1, -0.05) is 19.1 Å². The van der Waals surface area contributed by atoms with Gasteiger partial charge in [-0.05, 0) is 25.5 Å². The Hall–Kier alpha value is -1.56. The summed E-state index contributed by atoms with van der Waals surface area (Å²) >= 11 is 0. The molecule has 0 aliphatic carbocycles. The molecule has 0 aromatic heterocycles. The van der Waals surface area contributed by atoms with E-state index in [9.17, 15) is 13.2 Å². The predicted octanol–water partition coefficient (Wildman–Crippen LogP) is 0.957. The fraction of sp³-hybridized carbons (Fsp3) is 0.417. The molecule has 0 aliphatic heterocycles. The van der Waals surface area contributed by atoms with E-state index >= 15 is 0 Å². The molecule has 0 saturated heterocycles. The van der Waals surface area contributed by atoms with Crippen LogP contribution in [-0.4, -0.2) is 26.1 Å². The summed E-state index contributed by atoms with van der Waals surface area (Å²) in [5.74, 6) is -0.500. The fourth-order valence-corrected chi connectivity index (χ4v) is 2.87. The Labute approximate surface area is 107 Å². The Kier molecular flexibility index (Phi) is 4.72. The van der Waals surface area contributed by atoms with Crippen molar-refractivity contribution >= 4 is 21.4 Å². The Balaban J connectivity index is 3.01. The first-order chi connectivity index (χ1) is 8.41. The van der Waals surface area contributed by atoms with Crippen LogP contribution in [0, 0.1) is 0 Å². The summed E-state index contributed by atoms with van der Waals surface area (Å²) in [4.78, 5) is 11.7. The minimum atomic E-state index is -3.74. The summed E-state index contributed by atoms with van der Waals surface area (Å²) in [6.07, 6.45) is 0.756. The van der Waals surface area contributed by atoms with Crippen molar-refractivity contribution in [1.82, 2.24) is 5.32 Å². The second-order valence-electron chi connectivity index (χ2n) is 4.02. The second-order valence-corrected chi connectivity index (χ2v) is 6.25. The van der Waals surface area contributed by atoms with Crippen LogP contribution in [0.2, 0.25) is 0 Å². The van der Waals surface area contributed by atoms with Crippen molar-refractivity contribution < 1.29 is 13.2 Å². The van der Waals surface area contributed by atoms with Gasteiger partial charge >= 0.3 is 0 Å². The number of para-hydroxylation sites is 1. The van der Waals surface area contributed by atoms with Gasteiger partial charge in [-0.3, -0.25) is 4.79 Å². The van der Waals surface area contributed by atoms with Crippen LogP contribution in [0.3, 0.4) is 0 Å². The van der Waals surface area contributed by atoms with Gasteiger partial charge in [0.2, 0.25) is 5.91 Å². The number of hydrogen-bond acceptors (Lipinski definition) is 4. The largest absolute Gasteiger partial charge is 0.398 e. The Morgan fingerprint density at radius 2 is 2.00 bits per heavy atom. The van der Waals surface area contributed by atoms with Crippen LogP contribution < -0.4 is 11.1 Å². The van der Waals surface area contributed by atoms with Gasteiger partial charge in [0, 0.05) is 6.54 Å². The molecule has 3 N–H and O–H groups in total. The standard InChI is InChI=1S/C12H18N2O3S/c1-3-8-14-12(15)9(2)18(16,17)11-7-5-4-6-10(11)13/h4-7,9H,3,8,13H2,1-2H3,(H,14,15). The molecule has 0 saturated carbocycles. The molecule has 0 heterocycles. The van der Waals surface area contributed by atoms with Gasteiger partial charge < -0.3 is 11.1 Å². The van der Waals surface area contributed by atoms with Crippen LogP contribution in [0.4, 0.5) is 5.69 Å². The number of hydrogen-bond donors (Lipinski definition) is 2. The maximum absolute atomic E-state index is 12.2. The van der Waals surface area contributed by atoms with Crippen molar-refractivity contribution in [2.24, 2.45) is 0 Å². The number of amides is 1. The third-order valence-electron chi connectivity index (χ3n) is 2.61. The van der Waals surface area contributed by atoms with Gasteiger partial charge in [0.1, 0.15) is 5.25 Å². The van der Waals surface area contributed by atoms with Crippen LogP contribution in [0.15, 0.2) is 29.2 Å². The zero-order chi connectivity index (χ0) is 13.8. The highest BCUT2D eigenvalue weighted by Gasteiger charge is 2.30. The average molecular weight is 270 g/mol. The monoisotopic (exact) mass is 270 g/mol. The molecule has 0 bridgehead atoms. The first kappa shape index (κ1) is 14.5. The topological polar surface area (TPSA) is 89.3 Å². The zero-order valence-corrected chi connectivity index (χ0v) is 11.3. The minimum Gasteiger partial charge on any atom is -0.398 e. The molecule has 100 valence electrons. The number of sulfone groups is 1. The van der Waals surface area contributed by atoms with Crippen molar-refractivity contribution in [2.45, 2.75) is 30.4 Å². The lowest BCUT2D eigenvalue weighted by Crippen LogP contribution is -2.38. The fourth-order valence-electron chi connectivity index (χ4n) is 1.46. The van der Waals surface area contributed by atoms with Crippen LogP contribution >= 0.6 is 0 Å². The van der Waals surface area contributed by atoms with Crippen LogP contribution in [0.5, 0.6) is 0 Å². The van der Waals surface area contributed by atoms with Crippen LogP contribution in [-0.2, 0) is 14.6 Å². The number of nitrogens with one attached hydrogen (secondary N) is 1. The summed E-state index contributed by atoms with van der Waals surface area (Å²) in [6, 6.07) is 6.15. The third-order valence-corrected chi connectivity index (χ3v) is 4.74. The number of benzene rings is 1. The van der Waals surface area contributed by atoms with Gasteiger partial charge in [0.15, 0.2) is 9.84 Å². The van der Waals surface area contributed by atoms with Crippen molar-refractivity contribution in [2.75, 3.05) is 12.3 Å². The highest BCUT2D eigenvalue weighted by atomic mass is 32.2. The van der Waals surface area contributed by atoms with E-state index in [-0.39, 0.29) is 10.6 Å². The van der Waals surface area contributed by atoms with Crippen molar-refractivity contribution in [3.8, 4) is 0 Å². The van der Waals surface area contributed by atoms with Gasteiger partial charge in [-0.15, -0.1) is 0 Å². The highest BCUT2D eigenvalue weighted by Crippen LogP contribution is 2.22. The van der Waals surface area contributed by atoms with Gasteiger partial charge in [-0.25, -0.2) is 8.42 Å². The van der Waals surface area contributed by atoms with E-state index in [0.717, 1.165) is 6.42 Å². The van der Waals surface area contributed by atoms with E-state index in [4.69, 9.17) is 5.73 Å². The number of carbonyl (C=O) groups excluding carboxylic acids is 1. The number of anilines is 1. The molecule has 1 rings (SSSR count). The second kappa shape index (κ2) is 5.86. The molecule has 0 radical (unpaired) electrons. The average Bonchev–Trinajstić information content (AvgIpc) is 2.35. The summed E-state index contributed by atoms with van der Waals surface area (Å²) in [6.45, 7) is 3.73. The Morgan fingerprint density at radius 3 is 2.56 bits per heavy atom. The van der Waals surface area contributed by atoms with Crippen molar-refractivity contribution in [1.29, 1.82) is 0 Å². The van der Waals surface area contributed by atoms with E-state index in [1.54, 1.807) is 12.1 Å². The third kappa shape index (κ3) is 3.01. The van der Waals surface area contributed by atoms with E-state index in [0.29, 0.717) is 6.54 Å². The van der Waals surface area contributed by atoms with Crippen LogP contribution in [0.25, 0.3) is 0 Å². The number of nitrogens with two attached hydrogens (primary N) is 1. The molecule has 0 spiro atoms. The molecule has 1 aromatic rings. The van der Waals surface area contributed by atoms with Crippen molar-refractivity contribution in [3.63, 3.8) is 0 Å². The number of carbonyl (C=O) groups is 1. The molecular weight excluding hydrogens is 252 g/mol. The Morgan fingerprint density at radius 1 is 1.39 bits per heavy atom. The molecular formula is C12H18N2O3S. The zero-order valence-electron chi connectivity index (χ0n) is 10.5. The van der Waals surface area contributed by atoms with Gasteiger partial charge in [0.05, 0.1) is 10.6 Å². The molecule has 1 amide bonds. The maximum atomic E-state index is 12.2. The van der Waals surface area contributed by atoms with E-state index < -0.39 is 21.0 Å². The summed E-state index contributed by atoms with van der Waals surface area (Å²) in [5, 5.41) is 1.42. The molecule has 1 unspecified atom stereocenters. The SMILES string of the molecule is CCCNC(=O)C(C)S(=O)(=O)c1ccccc1N. The number of nitrogen functional groups attached to an aromatic ring is 1. The molecule has 1 atom stereocenters. The molecule has 18 heavy (non-hydrogen) atoms. The number of rotatable bonds is 5. The molecule has 1 aromatic carbocycles. The molecule has 0 aliphatic rings. The van der Waals surface area contributed by atoms with Gasteiger partial charge in [0.25, 0.3) is 0 Å². The smallest absolute Gasteiger partial charge is 0.238 e. The summed E-state index contributed by atoms with van der Waals surface area (Å²) < 4.78 is 24.4. The van der Waals surface area contributed by atoms with Gasteiger partial charge in [-0.2, -0.15) is 0 Å². The highest BCUT2D eigenvalue weighted by molar-refractivity contribution is 7.93. The van der Waals surface area contributed by atoms with Crippen LogP contribution in [0.1, 0.15) is 20.3 Å². The summed E-state index contributed by atoms with van der Waals surface area (Å²) in [5.41, 5.74) is 5.79. The lowest BCUT2D eigenvalue weighted by molar-refractivity contribution is -0.120. The minimum absolute atomic E-state index is 0.00384. The first-order valence-corrected chi connectivity index (χ1v) is 7.32. The lowest BCUT2D eigenvalue weighted by Gasteiger charge is -2.14. The molecule has 0 fully saturated rings. The Bertz CT molecular complexity index is 526. The first-order valence-electron chi connectivity index (χ1n) is 5.77.